The van der Waals surface area contributed by atoms with Gasteiger partial charge in [-0.2, -0.15) is 0 Å². The normalized spacial score (nSPS) is 32.9. The molecule has 4 aliphatic rings. The summed E-state index contributed by atoms with van der Waals surface area (Å²) in [7, 11) is 0. The van der Waals surface area contributed by atoms with Crippen LogP contribution in [-0.4, -0.2) is 29.3 Å². The van der Waals surface area contributed by atoms with Crippen LogP contribution in [0.1, 0.15) is 45.4 Å². The van der Waals surface area contributed by atoms with Crippen LogP contribution in [0.4, 0.5) is 0 Å². The first-order chi connectivity index (χ1) is 12.5. The lowest BCUT2D eigenvalue weighted by Gasteiger charge is -2.57. The molecule has 140 valence electrons. The Bertz CT molecular complexity index is 640. The highest BCUT2D eigenvalue weighted by Gasteiger charge is 2.51. The van der Waals surface area contributed by atoms with Crippen molar-refractivity contribution in [2.75, 3.05) is 5.75 Å². The van der Waals surface area contributed by atoms with Gasteiger partial charge in [-0.3, -0.25) is 9.59 Å². The van der Waals surface area contributed by atoms with Crippen LogP contribution in [0.25, 0.3) is 0 Å². The van der Waals surface area contributed by atoms with Crippen molar-refractivity contribution in [3.8, 4) is 0 Å². The summed E-state index contributed by atoms with van der Waals surface area (Å²) < 4.78 is 5.38. The summed E-state index contributed by atoms with van der Waals surface area (Å²) in [6, 6.07) is 9.74. The van der Waals surface area contributed by atoms with Crippen molar-refractivity contribution in [3.63, 3.8) is 0 Å². The first-order valence-electron chi connectivity index (χ1n) is 9.71. The minimum Gasteiger partial charge on any atom is -0.452 e. The van der Waals surface area contributed by atoms with E-state index in [1.54, 1.807) is 6.92 Å². The third kappa shape index (κ3) is 3.93. The molecule has 4 aliphatic carbocycles. The molecule has 1 atom stereocenters. The van der Waals surface area contributed by atoms with Gasteiger partial charge in [0, 0.05) is 10.4 Å². The predicted octanol–water partition coefficient (Wildman–Crippen LogP) is 3.80. The van der Waals surface area contributed by atoms with E-state index in [0.29, 0.717) is 0 Å². The van der Waals surface area contributed by atoms with Gasteiger partial charge in [-0.15, -0.1) is 11.8 Å². The molecule has 1 aromatic rings. The molecule has 1 N–H and O–H groups in total. The van der Waals surface area contributed by atoms with Gasteiger partial charge >= 0.3 is 5.97 Å². The number of hydrogen-bond acceptors (Lipinski definition) is 4. The highest BCUT2D eigenvalue weighted by Crippen LogP contribution is 2.55. The summed E-state index contributed by atoms with van der Waals surface area (Å²) in [5.74, 6) is 2.08. The fourth-order valence-electron chi connectivity index (χ4n) is 5.57. The highest BCUT2D eigenvalue weighted by molar-refractivity contribution is 8.00. The second-order valence-corrected chi connectivity index (χ2v) is 9.47. The molecule has 5 heteroatoms. The number of carbonyl (C=O) groups is 2. The van der Waals surface area contributed by atoms with Gasteiger partial charge in [-0.25, -0.2) is 0 Å². The number of benzene rings is 1. The Labute approximate surface area is 159 Å². The van der Waals surface area contributed by atoms with E-state index in [4.69, 9.17) is 4.74 Å². The molecule has 0 heterocycles. The molecule has 0 spiro atoms. The lowest BCUT2D eigenvalue weighted by Crippen LogP contribution is -2.61. The van der Waals surface area contributed by atoms with Crippen LogP contribution in [0.2, 0.25) is 0 Å². The van der Waals surface area contributed by atoms with Crippen molar-refractivity contribution in [3.05, 3.63) is 30.3 Å². The Morgan fingerprint density at radius 3 is 2.27 bits per heavy atom. The number of rotatable bonds is 6. The SMILES string of the molecule is C[C@@H](OC(=O)CSc1ccccc1)C(=O)NC12CC3CC(CC(C3)C1)C2. The molecule has 0 saturated heterocycles. The van der Waals surface area contributed by atoms with E-state index < -0.39 is 6.10 Å². The molecule has 4 fully saturated rings. The summed E-state index contributed by atoms with van der Waals surface area (Å²) >= 11 is 1.43. The topological polar surface area (TPSA) is 55.4 Å². The summed E-state index contributed by atoms with van der Waals surface area (Å²) in [5.41, 5.74) is -0.0364. The van der Waals surface area contributed by atoms with Crippen LogP contribution >= 0.6 is 11.8 Å². The van der Waals surface area contributed by atoms with Crippen molar-refractivity contribution in [2.45, 2.75) is 62.0 Å². The molecular formula is C21H27NO3S. The molecule has 26 heavy (non-hydrogen) atoms. The van der Waals surface area contributed by atoms with Crippen molar-refractivity contribution in [2.24, 2.45) is 17.8 Å². The maximum atomic E-state index is 12.6. The quantitative estimate of drug-likeness (QED) is 0.609. The first kappa shape index (κ1) is 17.9. The fraction of sp³-hybridized carbons (Fsp3) is 0.619. The van der Waals surface area contributed by atoms with Crippen LogP contribution in [-0.2, 0) is 14.3 Å². The van der Waals surface area contributed by atoms with Crippen LogP contribution in [0.15, 0.2) is 35.2 Å². The number of nitrogens with one attached hydrogen (secondary N) is 1. The van der Waals surface area contributed by atoms with Gasteiger partial charge < -0.3 is 10.1 Å². The zero-order valence-electron chi connectivity index (χ0n) is 15.3. The maximum Gasteiger partial charge on any atom is 0.317 e. The standard InChI is InChI=1S/C21H27NO3S/c1-14(25-19(23)13-26-18-5-3-2-4-6-18)20(24)22-21-10-15-7-16(11-21)9-17(8-15)12-21/h2-6,14-17H,7-13H2,1H3,(H,22,24)/t14-,15?,16?,17?,21?/m1/s1. The number of thioether (sulfide) groups is 1. The largest absolute Gasteiger partial charge is 0.452 e. The van der Waals surface area contributed by atoms with E-state index in [-0.39, 0.29) is 23.2 Å². The summed E-state index contributed by atoms with van der Waals surface area (Å²) in [5, 5.41) is 3.28. The molecule has 4 saturated carbocycles. The van der Waals surface area contributed by atoms with Crippen molar-refractivity contribution in [1.29, 1.82) is 0 Å². The van der Waals surface area contributed by atoms with Gasteiger partial charge in [0.15, 0.2) is 6.10 Å². The molecule has 4 bridgehead atoms. The lowest BCUT2D eigenvalue weighted by molar-refractivity contribution is -0.154. The number of hydrogen-bond donors (Lipinski definition) is 1. The van der Waals surface area contributed by atoms with E-state index in [0.717, 1.165) is 41.9 Å². The van der Waals surface area contributed by atoms with Gasteiger partial charge in [-0.05, 0) is 75.3 Å². The van der Waals surface area contributed by atoms with Crippen LogP contribution < -0.4 is 5.32 Å². The Morgan fingerprint density at radius 1 is 1.12 bits per heavy atom. The molecular weight excluding hydrogens is 346 g/mol. The Hall–Kier alpha value is -1.49. The van der Waals surface area contributed by atoms with Crippen molar-refractivity contribution < 1.29 is 14.3 Å². The summed E-state index contributed by atoms with van der Waals surface area (Å²) in [6.07, 6.45) is 6.62. The van der Waals surface area contributed by atoms with E-state index in [2.05, 4.69) is 5.32 Å². The Morgan fingerprint density at radius 2 is 1.69 bits per heavy atom. The highest BCUT2D eigenvalue weighted by atomic mass is 32.2. The fourth-order valence-corrected chi connectivity index (χ4v) is 6.27. The Kier molecular flexibility index (Phi) is 5.00. The van der Waals surface area contributed by atoms with E-state index in [1.807, 2.05) is 30.3 Å². The zero-order chi connectivity index (χ0) is 18.1. The third-order valence-corrected chi connectivity index (χ3v) is 7.19. The minimum atomic E-state index is -0.730. The third-order valence-electron chi connectivity index (χ3n) is 6.20. The lowest BCUT2D eigenvalue weighted by atomic mass is 9.53. The Balaban J connectivity index is 1.27. The van der Waals surface area contributed by atoms with Gasteiger partial charge in [0.25, 0.3) is 5.91 Å². The molecule has 1 amide bonds. The monoisotopic (exact) mass is 373 g/mol. The second-order valence-electron chi connectivity index (χ2n) is 8.42. The average Bonchev–Trinajstić information content (AvgIpc) is 2.59. The predicted molar refractivity (Wildman–Crippen MR) is 102 cm³/mol. The molecule has 0 aromatic heterocycles. The van der Waals surface area contributed by atoms with Gasteiger partial charge in [0.05, 0.1) is 5.75 Å². The number of esters is 1. The minimum absolute atomic E-state index is 0.0364. The van der Waals surface area contributed by atoms with E-state index >= 15 is 0 Å². The molecule has 0 radical (unpaired) electrons. The number of amides is 1. The molecule has 1 aromatic carbocycles. The van der Waals surface area contributed by atoms with Crippen LogP contribution in [0.3, 0.4) is 0 Å². The van der Waals surface area contributed by atoms with E-state index in [1.165, 1.54) is 31.0 Å². The van der Waals surface area contributed by atoms with Crippen molar-refractivity contribution in [1.82, 2.24) is 5.32 Å². The first-order valence-corrected chi connectivity index (χ1v) is 10.7. The summed E-state index contributed by atoms with van der Waals surface area (Å²) in [6.45, 7) is 1.68. The molecule has 5 rings (SSSR count). The molecule has 0 unspecified atom stereocenters. The van der Waals surface area contributed by atoms with Crippen LogP contribution in [0, 0.1) is 17.8 Å². The van der Waals surface area contributed by atoms with E-state index in [9.17, 15) is 9.59 Å². The number of carbonyl (C=O) groups excluding carboxylic acids is 2. The van der Waals surface area contributed by atoms with Gasteiger partial charge in [0.1, 0.15) is 0 Å². The van der Waals surface area contributed by atoms with Gasteiger partial charge in [0.2, 0.25) is 0 Å². The average molecular weight is 374 g/mol. The zero-order valence-corrected chi connectivity index (χ0v) is 16.1. The summed E-state index contributed by atoms with van der Waals surface area (Å²) in [4.78, 5) is 25.7. The van der Waals surface area contributed by atoms with Gasteiger partial charge in [-0.1, -0.05) is 18.2 Å². The molecule has 0 aliphatic heterocycles. The second kappa shape index (κ2) is 7.26. The smallest absolute Gasteiger partial charge is 0.317 e. The number of ether oxygens (including phenoxy) is 1. The molecule has 4 nitrogen and oxygen atoms in total. The van der Waals surface area contributed by atoms with Crippen LogP contribution in [0.5, 0.6) is 0 Å². The maximum absolute atomic E-state index is 12.6. The van der Waals surface area contributed by atoms with Crippen molar-refractivity contribution >= 4 is 23.6 Å².